The molecule has 0 aromatic rings. The number of hydrogen-bond acceptors (Lipinski definition) is 3. The Balaban J connectivity index is 2.81. The molecule has 0 bridgehead atoms. The first-order valence-corrected chi connectivity index (χ1v) is 10.3. The molecular formula is C16H35NO2Si. The van der Waals surface area contributed by atoms with E-state index in [0.29, 0.717) is 6.04 Å². The van der Waals surface area contributed by atoms with Gasteiger partial charge in [0, 0.05) is 24.3 Å². The maximum Gasteiger partial charge on any atom is 0.430 e. The molecule has 0 aromatic carbocycles. The monoisotopic (exact) mass is 301 g/mol. The molecule has 0 aliphatic heterocycles. The normalized spacial score (nSPS) is 18.4. The summed E-state index contributed by atoms with van der Waals surface area (Å²) >= 11 is 0. The first kappa shape index (κ1) is 18.1. The van der Waals surface area contributed by atoms with E-state index in [0.717, 1.165) is 26.1 Å². The quantitative estimate of drug-likeness (QED) is 0.670. The van der Waals surface area contributed by atoms with Crippen LogP contribution >= 0.6 is 0 Å². The van der Waals surface area contributed by atoms with Crippen molar-refractivity contribution >= 4 is 8.72 Å². The highest BCUT2D eigenvalue weighted by Gasteiger charge is 2.51. The molecule has 0 unspecified atom stereocenters. The van der Waals surface area contributed by atoms with Gasteiger partial charge in [0.2, 0.25) is 0 Å². The third-order valence-electron chi connectivity index (χ3n) is 4.01. The Labute approximate surface area is 127 Å². The summed E-state index contributed by atoms with van der Waals surface area (Å²) < 4.78 is 12.7. The van der Waals surface area contributed by atoms with E-state index in [9.17, 15) is 0 Å². The molecule has 3 nitrogen and oxygen atoms in total. The summed E-state index contributed by atoms with van der Waals surface area (Å²) in [6.07, 6.45) is 8.71. The van der Waals surface area contributed by atoms with Gasteiger partial charge >= 0.3 is 8.72 Å². The topological polar surface area (TPSA) is 30.5 Å². The number of nitrogens with one attached hydrogen (secondary N) is 1. The van der Waals surface area contributed by atoms with Crippen LogP contribution in [0.3, 0.4) is 0 Å². The van der Waals surface area contributed by atoms with Crippen molar-refractivity contribution in [2.75, 3.05) is 13.2 Å². The van der Waals surface area contributed by atoms with Crippen LogP contribution in [0.15, 0.2) is 0 Å². The number of rotatable bonds is 8. The average Bonchev–Trinajstić information content (AvgIpc) is 2.41. The van der Waals surface area contributed by atoms with Gasteiger partial charge in [-0.15, -0.1) is 0 Å². The van der Waals surface area contributed by atoms with Crippen molar-refractivity contribution in [3.8, 4) is 0 Å². The largest absolute Gasteiger partial charge is 0.430 e. The predicted octanol–water partition coefficient (Wildman–Crippen LogP) is 4.50. The Morgan fingerprint density at radius 1 is 0.950 bits per heavy atom. The van der Waals surface area contributed by atoms with Crippen LogP contribution in [-0.2, 0) is 8.85 Å². The lowest BCUT2D eigenvalue weighted by molar-refractivity contribution is 0.128. The maximum atomic E-state index is 6.35. The minimum Gasteiger partial charge on any atom is -0.382 e. The molecule has 0 radical (unpaired) electrons. The van der Waals surface area contributed by atoms with Gasteiger partial charge in [0.1, 0.15) is 0 Å². The van der Waals surface area contributed by atoms with Crippen molar-refractivity contribution in [1.29, 1.82) is 0 Å². The third-order valence-corrected chi connectivity index (χ3v) is 7.99. The third kappa shape index (κ3) is 5.13. The molecule has 1 aliphatic carbocycles. The smallest absolute Gasteiger partial charge is 0.382 e. The molecule has 0 atom stereocenters. The Morgan fingerprint density at radius 2 is 1.45 bits per heavy atom. The van der Waals surface area contributed by atoms with Crippen molar-refractivity contribution in [2.45, 2.75) is 90.6 Å². The molecule has 0 aromatic heterocycles. The van der Waals surface area contributed by atoms with E-state index in [4.69, 9.17) is 8.85 Å². The molecule has 1 fully saturated rings. The highest BCUT2D eigenvalue weighted by molar-refractivity contribution is 6.68. The summed E-state index contributed by atoms with van der Waals surface area (Å²) in [5.41, 5.74) is 0. The summed E-state index contributed by atoms with van der Waals surface area (Å²) in [4.78, 5) is 3.87. The molecule has 4 heteroatoms. The van der Waals surface area contributed by atoms with Crippen LogP contribution in [0.5, 0.6) is 0 Å². The zero-order chi connectivity index (χ0) is 15.1. The van der Waals surface area contributed by atoms with Crippen molar-refractivity contribution in [3.05, 3.63) is 0 Å². The van der Waals surface area contributed by atoms with E-state index in [-0.39, 0.29) is 5.04 Å². The van der Waals surface area contributed by atoms with Crippen molar-refractivity contribution in [1.82, 2.24) is 4.98 Å². The van der Waals surface area contributed by atoms with Crippen LogP contribution in [-0.4, -0.2) is 28.0 Å². The summed E-state index contributed by atoms with van der Waals surface area (Å²) in [6.45, 7) is 12.7. The van der Waals surface area contributed by atoms with Gasteiger partial charge in [0.25, 0.3) is 0 Å². The average molecular weight is 302 g/mol. The van der Waals surface area contributed by atoms with Gasteiger partial charge in [0.05, 0.1) is 0 Å². The van der Waals surface area contributed by atoms with Crippen LogP contribution in [0.25, 0.3) is 0 Å². The second-order valence-electron chi connectivity index (χ2n) is 7.04. The minimum atomic E-state index is -2.38. The zero-order valence-electron chi connectivity index (χ0n) is 14.3. The molecule has 0 amide bonds. The van der Waals surface area contributed by atoms with Gasteiger partial charge in [-0.25, -0.2) is 0 Å². The lowest BCUT2D eigenvalue weighted by atomic mass is 9.96. The fraction of sp³-hybridized carbons (Fsp3) is 1.00. The molecule has 1 N–H and O–H groups in total. The fourth-order valence-corrected chi connectivity index (χ4v) is 6.14. The van der Waals surface area contributed by atoms with Crippen LogP contribution in [0.1, 0.15) is 79.6 Å². The summed E-state index contributed by atoms with van der Waals surface area (Å²) in [5.74, 6) is 0. The van der Waals surface area contributed by atoms with Crippen LogP contribution < -0.4 is 4.98 Å². The van der Waals surface area contributed by atoms with Crippen LogP contribution in [0.2, 0.25) is 5.04 Å². The van der Waals surface area contributed by atoms with Gasteiger partial charge in [0.15, 0.2) is 0 Å². The molecule has 0 heterocycles. The van der Waals surface area contributed by atoms with Gasteiger partial charge < -0.3 is 8.85 Å². The minimum absolute atomic E-state index is 0.0504. The Hall–Kier alpha value is 0.0969. The van der Waals surface area contributed by atoms with E-state index in [1.165, 1.54) is 32.1 Å². The number of hydrogen-bond donors (Lipinski definition) is 1. The molecule has 1 aliphatic rings. The molecule has 20 heavy (non-hydrogen) atoms. The summed E-state index contributed by atoms with van der Waals surface area (Å²) in [7, 11) is -2.38. The van der Waals surface area contributed by atoms with Gasteiger partial charge in [-0.2, -0.15) is 0 Å². The highest BCUT2D eigenvalue weighted by Crippen LogP contribution is 2.37. The van der Waals surface area contributed by atoms with E-state index in [1.54, 1.807) is 0 Å². The molecule has 0 saturated heterocycles. The molecule has 0 spiro atoms. The molecule has 120 valence electrons. The van der Waals surface area contributed by atoms with E-state index < -0.39 is 8.72 Å². The standard InChI is InChI=1S/C16H35NO2Si/c1-6-13-18-20(16(3,4)5,19-14-7-2)17-15-11-9-8-10-12-15/h15,17H,6-14H2,1-5H3. The van der Waals surface area contributed by atoms with Crippen molar-refractivity contribution in [3.63, 3.8) is 0 Å². The van der Waals surface area contributed by atoms with E-state index >= 15 is 0 Å². The van der Waals surface area contributed by atoms with E-state index in [2.05, 4.69) is 39.6 Å². The van der Waals surface area contributed by atoms with Crippen molar-refractivity contribution in [2.24, 2.45) is 0 Å². The molecular weight excluding hydrogens is 266 g/mol. The second-order valence-corrected chi connectivity index (χ2v) is 10.6. The fourth-order valence-electron chi connectivity index (χ4n) is 2.78. The Morgan fingerprint density at radius 3 is 1.85 bits per heavy atom. The Bertz CT molecular complexity index is 252. The lowest BCUT2D eigenvalue weighted by Gasteiger charge is -2.43. The highest BCUT2D eigenvalue weighted by atomic mass is 28.4. The summed E-state index contributed by atoms with van der Waals surface area (Å²) in [6, 6.07) is 0.586. The maximum absolute atomic E-state index is 6.35. The Kier molecular flexibility index (Phi) is 7.73. The molecule has 1 rings (SSSR count). The summed E-state index contributed by atoms with van der Waals surface area (Å²) in [5, 5.41) is 0.0504. The predicted molar refractivity (Wildman–Crippen MR) is 88.0 cm³/mol. The van der Waals surface area contributed by atoms with Crippen LogP contribution in [0.4, 0.5) is 0 Å². The first-order valence-electron chi connectivity index (χ1n) is 8.50. The first-order chi connectivity index (χ1) is 9.45. The molecule has 1 saturated carbocycles. The SMILES string of the molecule is CCCO[Si](NC1CCCCC1)(OCCC)C(C)(C)C. The van der Waals surface area contributed by atoms with Gasteiger partial charge in [-0.1, -0.05) is 53.9 Å². The lowest BCUT2D eigenvalue weighted by Crippen LogP contribution is -2.65. The van der Waals surface area contributed by atoms with Gasteiger partial charge in [-0.05, 0) is 25.7 Å². The van der Waals surface area contributed by atoms with Crippen LogP contribution in [0, 0.1) is 0 Å². The van der Waals surface area contributed by atoms with Crippen molar-refractivity contribution < 1.29 is 8.85 Å². The second kappa shape index (κ2) is 8.52. The van der Waals surface area contributed by atoms with E-state index in [1.807, 2.05) is 0 Å². The zero-order valence-corrected chi connectivity index (χ0v) is 15.3. The van der Waals surface area contributed by atoms with Gasteiger partial charge in [-0.3, -0.25) is 4.98 Å².